The van der Waals surface area contributed by atoms with Crippen molar-refractivity contribution in [3.63, 3.8) is 0 Å². The number of carbonyl (C=O) groups is 1. The maximum Gasteiger partial charge on any atom is 0.235 e. The van der Waals surface area contributed by atoms with Crippen molar-refractivity contribution in [2.75, 3.05) is 7.05 Å². The molecule has 0 aliphatic heterocycles. The first-order chi connectivity index (χ1) is 14.1. The van der Waals surface area contributed by atoms with E-state index in [0.29, 0.717) is 12.5 Å². The molecule has 1 amide bonds. The van der Waals surface area contributed by atoms with Crippen molar-refractivity contribution in [3.05, 3.63) is 77.6 Å². The molecule has 0 unspecified atom stereocenters. The van der Waals surface area contributed by atoms with Gasteiger partial charge in [0.05, 0.1) is 11.8 Å². The summed E-state index contributed by atoms with van der Waals surface area (Å²) in [5.41, 5.74) is 2.35. The van der Waals surface area contributed by atoms with E-state index in [-0.39, 0.29) is 11.2 Å². The highest BCUT2D eigenvalue weighted by Gasteiger charge is 2.31. The summed E-state index contributed by atoms with van der Waals surface area (Å²) in [5.74, 6) is 1.65. The number of carbonyl (C=O) groups excluding carboxylic acids is 1. The van der Waals surface area contributed by atoms with E-state index in [2.05, 4.69) is 26.9 Å². The summed E-state index contributed by atoms with van der Waals surface area (Å²) in [6, 6.07) is 20.4. The van der Waals surface area contributed by atoms with Crippen LogP contribution in [0.1, 0.15) is 42.6 Å². The molecule has 0 saturated heterocycles. The van der Waals surface area contributed by atoms with Crippen LogP contribution in [0.25, 0.3) is 0 Å². The summed E-state index contributed by atoms with van der Waals surface area (Å²) in [5, 5.41) is 9.51. The second-order valence-corrected chi connectivity index (χ2v) is 8.93. The van der Waals surface area contributed by atoms with Crippen molar-refractivity contribution in [3.8, 4) is 0 Å². The Bertz CT molecular complexity index is 954. The molecular weight excluding hydrogens is 380 g/mol. The van der Waals surface area contributed by atoms with Gasteiger partial charge in [0.1, 0.15) is 5.82 Å². The van der Waals surface area contributed by atoms with Crippen molar-refractivity contribution in [1.29, 1.82) is 0 Å². The molecule has 0 N–H and O–H groups in total. The highest BCUT2D eigenvalue weighted by Crippen LogP contribution is 2.40. The normalized spacial score (nSPS) is 14.6. The molecular formula is C23H26N4OS. The van der Waals surface area contributed by atoms with Gasteiger partial charge in [0, 0.05) is 19.5 Å². The Hall–Kier alpha value is -2.60. The molecule has 1 heterocycles. The lowest BCUT2D eigenvalue weighted by Crippen LogP contribution is -2.33. The van der Waals surface area contributed by atoms with Crippen molar-refractivity contribution in [2.24, 2.45) is 0 Å². The van der Waals surface area contributed by atoms with Crippen LogP contribution < -0.4 is 0 Å². The van der Waals surface area contributed by atoms with Gasteiger partial charge in [-0.05, 0) is 30.9 Å². The Balaban J connectivity index is 1.47. The topological polar surface area (TPSA) is 51.0 Å². The maximum atomic E-state index is 12.9. The van der Waals surface area contributed by atoms with Crippen molar-refractivity contribution < 1.29 is 4.79 Å². The molecule has 6 heteroatoms. The molecule has 0 spiro atoms. The summed E-state index contributed by atoms with van der Waals surface area (Å²) in [7, 11) is 1.86. The van der Waals surface area contributed by atoms with Crippen LogP contribution in [0.5, 0.6) is 0 Å². The van der Waals surface area contributed by atoms with Gasteiger partial charge in [-0.15, -0.1) is 10.2 Å². The van der Waals surface area contributed by atoms with Crippen LogP contribution in [-0.4, -0.2) is 37.9 Å². The van der Waals surface area contributed by atoms with Crippen molar-refractivity contribution in [2.45, 2.75) is 49.2 Å². The highest BCUT2D eigenvalue weighted by molar-refractivity contribution is 8.00. The molecule has 1 atom stereocenters. The third-order valence-electron chi connectivity index (χ3n) is 5.14. The van der Waals surface area contributed by atoms with Gasteiger partial charge in [-0.2, -0.15) is 0 Å². The van der Waals surface area contributed by atoms with E-state index < -0.39 is 0 Å². The fourth-order valence-corrected chi connectivity index (χ4v) is 4.37. The largest absolute Gasteiger partial charge is 0.340 e. The Kier molecular flexibility index (Phi) is 6.00. The predicted molar refractivity (Wildman–Crippen MR) is 116 cm³/mol. The van der Waals surface area contributed by atoms with Crippen LogP contribution >= 0.6 is 11.8 Å². The zero-order chi connectivity index (χ0) is 20.2. The van der Waals surface area contributed by atoms with Gasteiger partial charge in [-0.25, -0.2) is 0 Å². The van der Waals surface area contributed by atoms with E-state index in [4.69, 9.17) is 0 Å². The average Bonchev–Trinajstić information content (AvgIpc) is 3.52. The number of rotatable bonds is 8. The van der Waals surface area contributed by atoms with Gasteiger partial charge in [0.15, 0.2) is 5.16 Å². The number of aromatic nitrogens is 3. The zero-order valence-corrected chi connectivity index (χ0v) is 17.7. The number of benzene rings is 2. The Morgan fingerprint density at radius 2 is 1.69 bits per heavy atom. The molecule has 1 aliphatic rings. The van der Waals surface area contributed by atoms with E-state index in [1.807, 2.05) is 62.5 Å². The van der Waals surface area contributed by atoms with Crippen LogP contribution in [0.15, 0.2) is 65.8 Å². The van der Waals surface area contributed by atoms with E-state index in [1.54, 1.807) is 4.90 Å². The molecule has 1 aromatic heterocycles. The fourth-order valence-electron chi connectivity index (χ4n) is 3.40. The van der Waals surface area contributed by atoms with Gasteiger partial charge in [0.2, 0.25) is 5.91 Å². The quantitative estimate of drug-likeness (QED) is 0.522. The Labute approximate surface area is 176 Å². The molecule has 1 aliphatic carbocycles. The van der Waals surface area contributed by atoms with E-state index in [0.717, 1.165) is 23.1 Å². The smallest absolute Gasteiger partial charge is 0.235 e. The number of hydrogen-bond acceptors (Lipinski definition) is 4. The lowest BCUT2D eigenvalue weighted by Gasteiger charge is -2.21. The third kappa shape index (κ3) is 4.88. The monoisotopic (exact) mass is 406 g/mol. The minimum atomic E-state index is -0.227. The molecule has 150 valence electrons. The number of hydrogen-bond donors (Lipinski definition) is 0. The van der Waals surface area contributed by atoms with Gasteiger partial charge in [0.25, 0.3) is 0 Å². The van der Waals surface area contributed by atoms with Crippen molar-refractivity contribution in [1.82, 2.24) is 19.7 Å². The standard InChI is InChI=1S/C23H26N4OS/c1-17(22(28)26(2)15-18-9-5-3-6-10-18)29-23-25-24-21(20-13-14-20)27(23)16-19-11-7-4-8-12-19/h3-12,17,20H,13-16H2,1-2H3/t17-/m1/s1. The van der Waals surface area contributed by atoms with Crippen LogP contribution in [0.2, 0.25) is 0 Å². The maximum absolute atomic E-state index is 12.9. The lowest BCUT2D eigenvalue weighted by molar-refractivity contribution is -0.129. The van der Waals surface area contributed by atoms with Crippen LogP contribution in [0.4, 0.5) is 0 Å². The summed E-state index contributed by atoms with van der Waals surface area (Å²) >= 11 is 1.50. The first kappa shape index (κ1) is 19.7. The molecule has 0 radical (unpaired) electrons. The Morgan fingerprint density at radius 1 is 1.07 bits per heavy atom. The van der Waals surface area contributed by atoms with Gasteiger partial charge < -0.3 is 9.47 Å². The fraction of sp³-hybridized carbons (Fsp3) is 0.348. The summed E-state index contributed by atoms with van der Waals surface area (Å²) < 4.78 is 2.19. The average molecular weight is 407 g/mol. The molecule has 5 nitrogen and oxygen atoms in total. The SMILES string of the molecule is C[C@@H](Sc1nnc(C2CC2)n1Cc1ccccc1)C(=O)N(C)Cc1ccccc1. The lowest BCUT2D eigenvalue weighted by atomic mass is 10.2. The van der Waals surface area contributed by atoms with Crippen LogP contribution in [-0.2, 0) is 17.9 Å². The first-order valence-electron chi connectivity index (χ1n) is 10.0. The second-order valence-electron chi connectivity index (χ2n) is 7.63. The summed E-state index contributed by atoms with van der Waals surface area (Å²) in [6.07, 6.45) is 2.35. The summed E-state index contributed by atoms with van der Waals surface area (Å²) in [4.78, 5) is 14.7. The molecule has 29 heavy (non-hydrogen) atoms. The van der Waals surface area contributed by atoms with Crippen LogP contribution in [0.3, 0.4) is 0 Å². The van der Waals surface area contributed by atoms with Gasteiger partial charge >= 0.3 is 0 Å². The van der Waals surface area contributed by atoms with Crippen molar-refractivity contribution >= 4 is 17.7 Å². The molecule has 2 aromatic carbocycles. The Morgan fingerprint density at radius 3 is 2.31 bits per heavy atom. The van der Waals surface area contributed by atoms with E-state index in [1.165, 1.54) is 30.2 Å². The minimum Gasteiger partial charge on any atom is -0.340 e. The number of thioether (sulfide) groups is 1. The van der Waals surface area contributed by atoms with Gasteiger partial charge in [-0.3, -0.25) is 4.79 Å². The minimum absolute atomic E-state index is 0.0982. The van der Waals surface area contributed by atoms with E-state index in [9.17, 15) is 4.79 Å². The van der Waals surface area contributed by atoms with E-state index >= 15 is 0 Å². The molecule has 3 aromatic rings. The summed E-state index contributed by atoms with van der Waals surface area (Å²) in [6.45, 7) is 3.30. The number of amides is 1. The second kappa shape index (κ2) is 8.82. The highest BCUT2D eigenvalue weighted by atomic mass is 32.2. The molecule has 0 bridgehead atoms. The zero-order valence-electron chi connectivity index (χ0n) is 16.9. The predicted octanol–water partition coefficient (Wildman–Crippen LogP) is 4.34. The molecule has 4 rings (SSSR count). The first-order valence-corrected chi connectivity index (χ1v) is 10.9. The number of nitrogens with zero attached hydrogens (tertiary/aromatic N) is 4. The molecule has 1 saturated carbocycles. The van der Waals surface area contributed by atoms with Gasteiger partial charge in [-0.1, -0.05) is 72.4 Å². The van der Waals surface area contributed by atoms with Crippen LogP contribution in [0, 0.1) is 0 Å². The third-order valence-corrected chi connectivity index (χ3v) is 6.21. The molecule has 1 fully saturated rings.